The van der Waals surface area contributed by atoms with Gasteiger partial charge in [0.25, 0.3) is 0 Å². The van der Waals surface area contributed by atoms with E-state index in [4.69, 9.17) is 46.4 Å². The molecule has 0 radical (unpaired) electrons. The minimum absolute atomic E-state index is 0.0356. The van der Waals surface area contributed by atoms with E-state index >= 15 is 0 Å². The first kappa shape index (κ1) is 29.5. The number of hydrogen-bond acceptors (Lipinski definition) is 5. The van der Waals surface area contributed by atoms with Crippen LogP contribution >= 0.6 is 69.9 Å². The Hall–Kier alpha value is -2.07. The maximum Gasteiger partial charge on any atom is 0.335 e. The monoisotopic (exact) mass is 616 g/mol. The second kappa shape index (κ2) is 14.2. The average molecular weight is 618 g/mol. The van der Waals surface area contributed by atoms with Crippen molar-refractivity contribution in [3.8, 4) is 0 Å². The van der Waals surface area contributed by atoms with Crippen molar-refractivity contribution in [2.75, 3.05) is 22.1 Å². The SMILES string of the molecule is O=C(CSCc1c(Cl)cccc1Cl)Nc1ccc(C(=O)O)cc1NC(=O)CSCc1c(Cl)cccc1Cl. The summed E-state index contributed by atoms with van der Waals surface area (Å²) < 4.78 is 0. The number of carbonyl (C=O) groups is 3. The molecule has 2 amide bonds. The number of benzene rings is 3. The van der Waals surface area contributed by atoms with Gasteiger partial charge in [-0.1, -0.05) is 58.5 Å². The normalized spacial score (nSPS) is 10.7. The Balaban J connectivity index is 1.61. The Kier molecular flexibility index (Phi) is 11.3. The van der Waals surface area contributed by atoms with Gasteiger partial charge in [0.15, 0.2) is 0 Å². The summed E-state index contributed by atoms with van der Waals surface area (Å²) in [6.45, 7) is 0. The van der Waals surface area contributed by atoms with E-state index in [2.05, 4.69) is 10.6 Å². The Morgan fingerprint density at radius 1 is 0.676 bits per heavy atom. The Morgan fingerprint density at radius 2 is 1.11 bits per heavy atom. The molecule has 3 N–H and O–H groups in total. The van der Waals surface area contributed by atoms with Gasteiger partial charge in [-0.05, 0) is 53.6 Å². The number of carboxylic acids is 1. The third-order valence-electron chi connectivity index (χ3n) is 4.90. The van der Waals surface area contributed by atoms with Crippen molar-refractivity contribution in [1.29, 1.82) is 0 Å². The van der Waals surface area contributed by atoms with Crippen molar-refractivity contribution in [3.63, 3.8) is 0 Å². The van der Waals surface area contributed by atoms with E-state index in [1.165, 1.54) is 41.7 Å². The number of thioether (sulfide) groups is 2. The first-order valence-corrected chi connectivity index (χ1v) is 14.5. The molecule has 0 unspecified atom stereocenters. The summed E-state index contributed by atoms with van der Waals surface area (Å²) in [6.07, 6.45) is 0. The zero-order valence-corrected chi connectivity index (χ0v) is 23.7. The highest BCUT2D eigenvalue weighted by molar-refractivity contribution is 7.99. The van der Waals surface area contributed by atoms with Gasteiger partial charge in [0.05, 0.1) is 28.4 Å². The van der Waals surface area contributed by atoms with Crippen LogP contribution in [-0.4, -0.2) is 34.4 Å². The van der Waals surface area contributed by atoms with Crippen LogP contribution in [0.25, 0.3) is 0 Å². The maximum absolute atomic E-state index is 12.6. The molecule has 6 nitrogen and oxygen atoms in total. The molecule has 3 aromatic rings. The van der Waals surface area contributed by atoms with Gasteiger partial charge in [-0.25, -0.2) is 4.79 Å². The summed E-state index contributed by atoms with van der Waals surface area (Å²) in [4.78, 5) is 36.6. The molecular formula is C25H20Cl4N2O4S2. The fraction of sp³-hybridized carbons (Fsp3) is 0.160. The molecule has 0 aliphatic carbocycles. The van der Waals surface area contributed by atoms with Crippen LogP contribution in [-0.2, 0) is 21.1 Å². The van der Waals surface area contributed by atoms with Crippen LogP contribution in [0.5, 0.6) is 0 Å². The van der Waals surface area contributed by atoms with Gasteiger partial charge in [-0.2, -0.15) is 0 Å². The van der Waals surface area contributed by atoms with E-state index in [1.54, 1.807) is 36.4 Å². The molecule has 0 aliphatic rings. The molecule has 12 heteroatoms. The van der Waals surface area contributed by atoms with Crippen molar-refractivity contribution in [2.45, 2.75) is 11.5 Å². The highest BCUT2D eigenvalue weighted by atomic mass is 35.5. The highest BCUT2D eigenvalue weighted by Crippen LogP contribution is 2.30. The number of anilines is 2. The topological polar surface area (TPSA) is 95.5 Å². The quantitative estimate of drug-likeness (QED) is 0.204. The van der Waals surface area contributed by atoms with Crippen molar-refractivity contribution in [1.82, 2.24) is 0 Å². The fourth-order valence-electron chi connectivity index (χ4n) is 3.09. The zero-order valence-electron chi connectivity index (χ0n) is 19.0. The zero-order chi connectivity index (χ0) is 26.9. The van der Waals surface area contributed by atoms with Gasteiger partial charge < -0.3 is 15.7 Å². The lowest BCUT2D eigenvalue weighted by molar-refractivity contribution is -0.114. The Bertz CT molecular complexity index is 1280. The summed E-state index contributed by atoms with van der Waals surface area (Å²) in [6, 6.07) is 14.4. The fourth-order valence-corrected chi connectivity index (χ4v) is 6.22. The van der Waals surface area contributed by atoms with Gasteiger partial charge in [0.2, 0.25) is 11.8 Å². The van der Waals surface area contributed by atoms with Crippen LogP contribution in [0.4, 0.5) is 11.4 Å². The molecule has 0 heterocycles. The molecule has 0 atom stereocenters. The van der Waals surface area contributed by atoms with Crippen LogP contribution in [0, 0.1) is 0 Å². The number of rotatable bonds is 11. The predicted molar refractivity (Wildman–Crippen MR) is 156 cm³/mol. The van der Waals surface area contributed by atoms with E-state index in [-0.39, 0.29) is 40.3 Å². The minimum Gasteiger partial charge on any atom is -0.478 e. The number of aromatic carboxylic acids is 1. The molecule has 3 rings (SSSR count). The molecular weight excluding hydrogens is 598 g/mol. The standard InChI is InChI=1S/C25H20Cl4N2O4S2/c26-17-3-1-4-18(27)15(17)10-36-12-23(32)30-21-8-7-14(25(34)35)9-22(21)31-24(33)13-37-11-16-19(28)5-2-6-20(16)29/h1-9H,10-13H2,(H,30,32)(H,31,33)(H,34,35). The minimum atomic E-state index is -1.16. The number of hydrogen-bond donors (Lipinski definition) is 3. The van der Waals surface area contributed by atoms with E-state index in [1.807, 2.05) is 0 Å². The van der Waals surface area contributed by atoms with E-state index in [9.17, 15) is 19.5 Å². The lowest BCUT2D eigenvalue weighted by Crippen LogP contribution is -2.19. The Labute approximate surface area is 242 Å². The van der Waals surface area contributed by atoms with Crippen LogP contribution in [0.15, 0.2) is 54.6 Å². The first-order chi connectivity index (χ1) is 17.7. The molecule has 194 valence electrons. The second-order valence-electron chi connectivity index (χ2n) is 7.55. The molecule has 37 heavy (non-hydrogen) atoms. The summed E-state index contributed by atoms with van der Waals surface area (Å²) in [5.41, 5.74) is 1.87. The molecule has 0 aromatic heterocycles. The van der Waals surface area contributed by atoms with Crippen molar-refractivity contribution >= 4 is 99.1 Å². The van der Waals surface area contributed by atoms with Gasteiger partial charge in [0.1, 0.15) is 0 Å². The van der Waals surface area contributed by atoms with E-state index in [0.29, 0.717) is 31.6 Å². The van der Waals surface area contributed by atoms with Crippen LogP contribution in [0.2, 0.25) is 20.1 Å². The summed E-state index contributed by atoms with van der Waals surface area (Å²) in [7, 11) is 0. The van der Waals surface area contributed by atoms with Gasteiger partial charge in [-0.15, -0.1) is 23.5 Å². The third kappa shape index (κ3) is 8.74. The van der Waals surface area contributed by atoms with Gasteiger partial charge >= 0.3 is 5.97 Å². The summed E-state index contributed by atoms with van der Waals surface area (Å²) in [5.74, 6) is -0.894. The van der Waals surface area contributed by atoms with Gasteiger partial charge in [0, 0.05) is 31.6 Å². The third-order valence-corrected chi connectivity index (χ3v) is 8.23. The van der Waals surface area contributed by atoms with E-state index < -0.39 is 5.97 Å². The number of halogens is 4. The number of amides is 2. The second-order valence-corrected chi connectivity index (χ2v) is 11.1. The van der Waals surface area contributed by atoms with Crippen LogP contribution in [0.1, 0.15) is 21.5 Å². The highest BCUT2D eigenvalue weighted by Gasteiger charge is 2.15. The molecule has 0 spiro atoms. The number of carbonyl (C=O) groups excluding carboxylic acids is 2. The average Bonchev–Trinajstić information content (AvgIpc) is 2.84. The van der Waals surface area contributed by atoms with Crippen LogP contribution < -0.4 is 10.6 Å². The van der Waals surface area contributed by atoms with Crippen molar-refractivity contribution < 1.29 is 19.5 Å². The lowest BCUT2D eigenvalue weighted by Gasteiger charge is -2.14. The molecule has 0 saturated carbocycles. The van der Waals surface area contributed by atoms with Crippen molar-refractivity contribution in [2.24, 2.45) is 0 Å². The number of carboxylic acid groups (broad SMARTS) is 1. The largest absolute Gasteiger partial charge is 0.478 e. The number of nitrogens with one attached hydrogen (secondary N) is 2. The smallest absolute Gasteiger partial charge is 0.335 e. The molecule has 0 fully saturated rings. The molecule has 0 saturated heterocycles. The predicted octanol–water partition coefficient (Wildman–Crippen LogP) is 7.74. The van der Waals surface area contributed by atoms with Crippen molar-refractivity contribution in [3.05, 3.63) is 91.4 Å². The summed E-state index contributed by atoms with van der Waals surface area (Å²) in [5, 5.41) is 16.8. The molecule has 3 aromatic carbocycles. The summed E-state index contributed by atoms with van der Waals surface area (Å²) >= 11 is 27.3. The van der Waals surface area contributed by atoms with Gasteiger partial charge in [-0.3, -0.25) is 9.59 Å². The van der Waals surface area contributed by atoms with Crippen LogP contribution in [0.3, 0.4) is 0 Å². The van der Waals surface area contributed by atoms with E-state index in [0.717, 1.165) is 11.1 Å². The molecule has 0 bridgehead atoms. The Morgan fingerprint density at radius 3 is 1.54 bits per heavy atom. The first-order valence-electron chi connectivity index (χ1n) is 10.6. The maximum atomic E-state index is 12.6. The molecule has 0 aliphatic heterocycles. The lowest BCUT2D eigenvalue weighted by atomic mass is 10.1.